The highest BCUT2D eigenvalue weighted by molar-refractivity contribution is 5.95. The lowest BCUT2D eigenvalue weighted by Crippen LogP contribution is -2.45. The highest BCUT2D eigenvalue weighted by atomic mass is 16.1. The molecule has 0 saturated carbocycles. The Morgan fingerprint density at radius 2 is 2.18 bits per heavy atom. The molecule has 1 unspecified atom stereocenters. The Balaban J connectivity index is 1.81. The van der Waals surface area contributed by atoms with Crippen molar-refractivity contribution in [1.82, 2.24) is 20.4 Å². The first kappa shape index (κ1) is 14.8. The van der Waals surface area contributed by atoms with Crippen molar-refractivity contribution in [2.24, 2.45) is 0 Å². The zero-order valence-electron chi connectivity index (χ0n) is 13.1. The molecule has 1 atom stereocenters. The molecule has 5 heteroatoms. The predicted molar refractivity (Wildman–Crippen MR) is 86.4 cm³/mol. The number of carbonyl (C=O) groups excluding carboxylic acids is 1. The van der Waals surface area contributed by atoms with E-state index in [1.165, 1.54) is 0 Å². The Bertz CT molecular complexity index is 671. The second kappa shape index (κ2) is 6.32. The van der Waals surface area contributed by atoms with Gasteiger partial charge in [-0.2, -0.15) is 5.10 Å². The maximum absolute atomic E-state index is 12.5. The number of carbonyl (C=O) groups is 1. The Kier molecular flexibility index (Phi) is 4.24. The van der Waals surface area contributed by atoms with Crippen molar-refractivity contribution in [3.63, 3.8) is 0 Å². The molecule has 3 rings (SSSR count). The van der Waals surface area contributed by atoms with E-state index in [0.717, 1.165) is 42.9 Å². The fraction of sp³-hybridized carbons (Fsp3) is 0.412. The maximum atomic E-state index is 12.5. The minimum Gasteiger partial charge on any atom is -0.348 e. The first-order valence-electron chi connectivity index (χ1n) is 7.79. The van der Waals surface area contributed by atoms with Crippen LogP contribution in [0.2, 0.25) is 0 Å². The Hall–Kier alpha value is -2.14. The van der Waals surface area contributed by atoms with E-state index >= 15 is 0 Å². The molecule has 1 fully saturated rings. The molecule has 5 nitrogen and oxygen atoms in total. The van der Waals surface area contributed by atoms with Crippen molar-refractivity contribution >= 4 is 5.91 Å². The lowest BCUT2D eigenvalue weighted by molar-refractivity contribution is 0.0930. The van der Waals surface area contributed by atoms with Gasteiger partial charge in [0.1, 0.15) is 0 Å². The molecule has 0 spiro atoms. The van der Waals surface area contributed by atoms with Gasteiger partial charge in [0.15, 0.2) is 0 Å². The second-order valence-electron chi connectivity index (χ2n) is 5.86. The number of para-hydroxylation sites is 1. The molecule has 2 heterocycles. The molecule has 116 valence electrons. The van der Waals surface area contributed by atoms with E-state index in [2.05, 4.69) is 15.7 Å². The molecule has 0 aliphatic carbocycles. The normalized spacial score (nSPS) is 18.2. The summed E-state index contributed by atoms with van der Waals surface area (Å²) in [6, 6.07) is 8.26. The molecule has 22 heavy (non-hydrogen) atoms. The van der Waals surface area contributed by atoms with Crippen molar-refractivity contribution in [3.05, 3.63) is 47.3 Å². The molecular formula is C17H22N4O. The molecule has 2 N–H and O–H groups in total. The standard InChI is InChI=1S/C17H22N4O/c1-12-6-3-4-8-16(12)21-13(2)15(11-19-21)17(22)20-14-7-5-9-18-10-14/h3-4,6,8,11,14,18H,5,7,9-10H2,1-2H3,(H,20,22). The maximum Gasteiger partial charge on any atom is 0.255 e. The number of nitrogens with one attached hydrogen (secondary N) is 2. The van der Waals surface area contributed by atoms with Gasteiger partial charge in [-0.15, -0.1) is 0 Å². The van der Waals surface area contributed by atoms with Crippen LogP contribution in [-0.2, 0) is 0 Å². The molecule has 1 aromatic heterocycles. The quantitative estimate of drug-likeness (QED) is 0.911. The SMILES string of the molecule is Cc1ccccc1-n1ncc(C(=O)NC2CCCNC2)c1C. The van der Waals surface area contributed by atoms with Gasteiger partial charge in [0.05, 0.1) is 23.1 Å². The number of amides is 1. The number of benzene rings is 1. The zero-order chi connectivity index (χ0) is 15.5. The zero-order valence-corrected chi connectivity index (χ0v) is 13.1. The summed E-state index contributed by atoms with van der Waals surface area (Å²) >= 11 is 0. The summed E-state index contributed by atoms with van der Waals surface area (Å²) < 4.78 is 1.84. The van der Waals surface area contributed by atoms with Crippen LogP contribution in [0.3, 0.4) is 0 Å². The third-order valence-corrected chi connectivity index (χ3v) is 4.23. The Labute approximate surface area is 130 Å². The summed E-state index contributed by atoms with van der Waals surface area (Å²) in [6.07, 6.45) is 3.80. The number of aromatic nitrogens is 2. The number of nitrogens with zero attached hydrogens (tertiary/aromatic N) is 2. The molecule has 0 bridgehead atoms. The van der Waals surface area contributed by atoms with E-state index < -0.39 is 0 Å². The molecule has 2 aromatic rings. The van der Waals surface area contributed by atoms with Crippen molar-refractivity contribution in [2.45, 2.75) is 32.7 Å². The molecule has 1 amide bonds. The van der Waals surface area contributed by atoms with Crippen LogP contribution in [0.25, 0.3) is 5.69 Å². The van der Waals surface area contributed by atoms with Gasteiger partial charge in [-0.3, -0.25) is 4.79 Å². The fourth-order valence-electron chi connectivity index (χ4n) is 2.91. The van der Waals surface area contributed by atoms with E-state index in [1.54, 1.807) is 6.20 Å². The molecule has 1 aliphatic rings. The van der Waals surface area contributed by atoms with Gasteiger partial charge < -0.3 is 10.6 Å². The lowest BCUT2D eigenvalue weighted by Gasteiger charge is -2.23. The number of piperidine rings is 1. The predicted octanol–water partition coefficient (Wildman–Crippen LogP) is 1.97. The van der Waals surface area contributed by atoms with Crippen molar-refractivity contribution in [3.8, 4) is 5.69 Å². The molecule has 0 radical (unpaired) electrons. The topological polar surface area (TPSA) is 59.0 Å². The van der Waals surface area contributed by atoms with Crippen LogP contribution in [-0.4, -0.2) is 34.8 Å². The fourth-order valence-corrected chi connectivity index (χ4v) is 2.91. The highest BCUT2D eigenvalue weighted by Crippen LogP contribution is 2.17. The average molecular weight is 298 g/mol. The minimum absolute atomic E-state index is 0.0361. The summed E-state index contributed by atoms with van der Waals surface area (Å²) in [5.74, 6) is -0.0361. The van der Waals surface area contributed by atoms with Crippen LogP contribution in [0, 0.1) is 13.8 Å². The minimum atomic E-state index is -0.0361. The van der Waals surface area contributed by atoms with Crippen molar-refractivity contribution in [2.75, 3.05) is 13.1 Å². The number of aryl methyl sites for hydroxylation is 1. The van der Waals surface area contributed by atoms with E-state index in [9.17, 15) is 4.79 Å². The van der Waals surface area contributed by atoms with Crippen molar-refractivity contribution in [1.29, 1.82) is 0 Å². The van der Waals surface area contributed by atoms with Gasteiger partial charge in [0, 0.05) is 12.6 Å². The lowest BCUT2D eigenvalue weighted by atomic mass is 10.1. The van der Waals surface area contributed by atoms with E-state index in [-0.39, 0.29) is 11.9 Å². The second-order valence-corrected chi connectivity index (χ2v) is 5.86. The molecular weight excluding hydrogens is 276 g/mol. The van der Waals surface area contributed by atoms with Gasteiger partial charge in [-0.25, -0.2) is 4.68 Å². The van der Waals surface area contributed by atoms with Gasteiger partial charge in [-0.1, -0.05) is 18.2 Å². The van der Waals surface area contributed by atoms with Gasteiger partial charge in [0.25, 0.3) is 5.91 Å². The monoisotopic (exact) mass is 298 g/mol. The van der Waals surface area contributed by atoms with Crippen LogP contribution in [0.5, 0.6) is 0 Å². The first-order valence-corrected chi connectivity index (χ1v) is 7.79. The van der Waals surface area contributed by atoms with Crippen LogP contribution in [0.15, 0.2) is 30.5 Å². The van der Waals surface area contributed by atoms with Crippen LogP contribution >= 0.6 is 0 Å². The van der Waals surface area contributed by atoms with Gasteiger partial charge in [-0.05, 0) is 44.9 Å². The Morgan fingerprint density at radius 1 is 1.36 bits per heavy atom. The van der Waals surface area contributed by atoms with Crippen LogP contribution < -0.4 is 10.6 Å². The van der Waals surface area contributed by atoms with Crippen molar-refractivity contribution < 1.29 is 4.79 Å². The van der Waals surface area contributed by atoms with Gasteiger partial charge >= 0.3 is 0 Å². The molecule has 1 aromatic carbocycles. The first-order chi connectivity index (χ1) is 10.7. The summed E-state index contributed by atoms with van der Waals surface area (Å²) in [5.41, 5.74) is 3.67. The summed E-state index contributed by atoms with van der Waals surface area (Å²) in [7, 11) is 0. The summed E-state index contributed by atoms with van der Waals surface area (Å²) in [5, 5.41) is 10.8. The third kappa shape index (κ3) is 2.90. The third-order valence-electron chi connectivity index (χ3n) is 4.23. The van der Waals surface area contributed by atoms with Gasteiger partial charge in [0.2, 0.25) is 0 Å². The average Bonchev–Trinajstić information content (AvgIpc) is 2.90. The van der Waals surface area contributed by atoms with Crippen LogP contribution in [0.1, 0.15) is 34.5 Å². The van der Waals surface area contributed by atoms with E-state index in [4.69, 9.17) is 0 Å². The number of hydrogen-bond acceptors (Lipinski definition) is 3. The Morgan fingerprint density at radius 3 is 2.91 bits per heavy atom. The largest absolute Gasteiger partial charge is 0.348 e. The van der Waals surface area contributed by atoms with E-state index in [1.807, 2.05) is 42.8 Å². The number of rotatable bonds is 3. The smallest absolute Gasteiger partial charge is 0.255 e. The molecule has 1 saturated heterocycles. The van der Waals surface area contributed by atoms with Crippen LogP contribution in [0.4, 0.5) is 0 Å². The summed E-state index contributed by atoms with van der Waals surface area (Å²) in [4.78, 5) is 12.5. The van der Waals surface area contributed by atoms with E-state index in [0.29, 0.717) is 5.56 Å². The number of hydrogen-bond donors (Lipinski definition) is 2. The molecule has 1 aliphatic heterocycles. The highest BCUT2D eigenvalue weighted by Gasteiger charge is 2.20. The summed E-state index contributed by atoms with van der Waals surface area (Å²) in [6.45, 7) is 5.87.